The van der Waals surface area contributed by atoms with Gasteiger partial charge < -0.3 is 10.1 Å². The zero-order valence-electron chi connectivity index (χ0n) is 12.8. The van der Waals surface area contributed by atoms with Gasteiger partial charge in [0.2, 0.25) is 0 Å². The van der Waals surface area contributed by atoms with Crippen LogP contribution in [-0.2, 0) is 17.6 Å². The van der Waals surface area contributed by atoms with E-state index in [9.17, 15) is 4.79 Å². The third-order valence-corrected chi connectivity index (χ3v) is 4.09. The van der Waals surface area contributed by atoms with E-state index in [0.717, 1.165) is 29.7 Å². The minimum atomic E-state index is 0.00554. The van der Waals surface area contributed by atoms with Gasteiger partial charge in [-0.05, 0) is 31.4 Å². The fraction of sp³-hybridized carbons (Fsp3) is 0.562. The monoisotopic (exact) mass is 295 g/mol. The van der Waals surface area contributed by atoms with Crippen LogP contribution in [0.25, 0.3) is 0 Å². The lowest BCUT2D eigenvalue weighted by molar-refractivity contribution is 0.0930. The third-order valence-electron chi connectivity index (χ3n) is 2.86. The lowest BCUT2D eigenvalue weighted by Gasteiger charge is -2.05. The van der Waals surface area contributed by atoms with Crippen molar-refractivity contribution < 1.29 is 9.53 Å². The molecule has 0 unspecified atom stereocenters. The molecule has 1 amide bonds. The minimum absolute atomic E-state index is 0.00554. The van der Waals surface area contributed by atoms with E-state index in [1.165, 1.54) is 10.4 Å². The zero-order chi connectivity index (χ0) is 15.0. The van der Waals surface area contributed by atoms with Crippen LogP contribution in [0, 0.1) is 0 Å². The Morgan fingerprint density at radius 1 is 1.45 bits per heavy atom. The number of hydrogen-bond acceptors (Lipinski definition) is 3. The Kier molecular flexibility index (Phi) is 7.55. The molecule has 0 saturated carbocycles. The first-order valence-electron chi connectivity index (χ1n) is 7.20. The van der Waals surface area contributed by atoms with Crippen LogP contribution in [0.4, 0.5) is 0 Å². The molecule has 0 atom stereocenters. The largest absolute Gasteiger partial charge is 0.375 e. The molecular formula is C16H25NO2S. The van der Waals surface area contributed by atoms with Gasteiger partial charge in [-0.15, -0.1) is 11.3 Å². The molecule has 1 N–H and O–H groups in total. The highest BCUT2D eigenvalue weighted by Crippen LogP contribution is 2.24. The Bertz CT molecular complexity index is 451. The molecule has 1 heterocycles. The molecule has 0 spiro atoms. The molecular weight excluding hydrogens is 270 g/mol. The predicted octanol–water partition coefficient (Wildman–Crippen LogP) is 3.59. The molecule has 0 aliphatic carbocycles. The van der Waals surface area contributed by atoms with Gasteiger partial charge in [0.05, 0.1) is 18.1 Å². The third kappa shape index (κ3) is 5.47. The van der Waals surface area contributed by atoms with Gasteiger partial charge in [0, 0.05) is 11.4 Å². The molecule has 0 fully saturated rings. The summed E-state index contributed by atoms with van der Waals surface area (Å²) in [6.45, 7) is 11.6. The van der Waals surface area contributed by atoms with E-state index in [2.05, 4.69) is 25.7 Å². The van der Waals surface area contributed by atoms with E-state index in [-0.39, 0.29) is 5.91 Å². The summed E-state index contributed by atoms with van der Waals surface area (Å²) >= 11 is 1.62. The van der Waals surface area contributed by atoms with E-state index in [4.69, 9.17) is 4.74 Å². The lowest BCUT2D eigenvalue weighted by atomic mass is 10.1. The van der Waals surface area contributed by atoms with Crippen LogP contribution in [0.2, 0.25) is 0 Å². The van der Waals surface area contributed by atoms with E-state index < -0.39 is 0 Å². The number of rotatable bonds is 9. The van der Waals surface area contributed by atoms with Crippen molar-refractivity contribution in [1.82, 2.24) is 5.32 Å². The highest BCUT2D eigenvalue weighted by atomic mass is 32.1. The number of carbonyl (C=O) groups is 1. The van der Waals surface area contributed by atoms with Gasteiger partial charge in [-0.1, -0.05) is 32.4 Å². The molecule has 0 aliphatic rings. The molecule has 1 rings (SSSR count). The summed E-state index contributed by atoms with van der Waals surface area (Å²) in [4.78, 5) is 14.2. The van der Waals surface area contributed by atoms with Gasteiger partial charge in [0.1, 0.15) is 0 Å². The van der Waals surface area contributed by atoms with Crippen LogP contribution >= 0.6 is 11.3 Å². The van der Waals surface area contributed by atoms with E-state index in [0.29, 0.717) is 19.8 Å². The number of nitrogens with one attached hydrogen (secondary N) is 1. The maximum atomic E-state index is 12.1. The van der Waals surface area contributed by atoms with Crippen LogP contribution in [0.3, 0.4) is 0 Å². The molecule has 0 bridgehead atoms. The molecule has 20 heavy (non-hydrogen) atoms. The first kappa shape index (κ1) is 16.9. The van der Waals surface area contributed by atoms with Gasteiger partial charge in [-0.3, -0.25) is 4.79 Å². The summed E-state index contributed by atoms with van der Waals surface area (Å²) in [5.41, 5.74) is 2.30. The quantitative estimate of drug-likeness (QED) is 0.558. The Balaban J connectivity index is 2.44. The fourth-order valence-electron chi connectivity index (χ4n) is 1.89. The minimum Gasteiger partial charge on any atom is -0.375 e. The van der Waals surface area contributed by atoms with Gasteiger partial charge in [-0.2, -0.15) is 0 Å². The highest BCUT2D eigenvalue weighted by molar-refractivity contribution is 7.14. The van der Waals surface area contributed by atoms with Crippen molar-refractivity contribution in [2.24, 2.45) is 0 Å². The van der Waals surface area contributed by atoms with Crippen molar-refractivity contribution in [3.8, 4) is 0 Å². The zero-order valence-corrected chi connectivity index (χ0v) is 13.6. The predicted molar refractivity (Wildman–Crippen MR) is 85.7 cm³/mol. The first-order valence-corrected chi connectivity index (χ1v) is 8.02. The van der Waals surface area contributed by atoms with Crippen LogP contribution < -0.4 is 5.32 Å². The molecule has 0 aliphatic heterocycles. The molecule has 112 valence electrons. The second-order valence-electron chi connectivity index (χ2n) is 4.93. The summed E-state index contributed by atoms with van der Waals surface area (Å²) in [6.07, 6.45) is 3.16. The van der Waals surface area contributed by atoms with Gasteiger partial charge >= 0.3 is 0 Å². The van der Waals surface area contributed by atoms with Crippen LogP contribution in [0.5, 0.6) is 0 Å². The Morgan fingerprint density at radius 2 is 2.20 bits per heavy atom. The Labute approximate surface area is 126 Å². The van der Waals surface area contributed by atoms with Crippen LogP contribution in [-0.4, -0.2) is 25.7 Å². The van der Waals surface area contributed by atoms with E-state index >= 15 is 0 Å². The molecule has 0 saturated heterocycles. The summed E-state index contributed by atoms with van der Waals surface area (Å²) in [6, 6.07) is 2.03. The number of ether oxygens (including phenoxy) is 1. The summed E-state index contributed by atoms with van der Waals surface area (Å²) in [5.74, 6) is 0.00554. The molecule has 1 aromatic heterocycles. The number of amides is 1. The molecule has 1 aromatic rings. The second kappa shape index (κ2) is 8.93. The Hall–Kier alpha value is -1.13. The number of carbonyl (C=O) groups excluding carboxylic acids is 1. The van der Waals surface area contributed by atoms with Crippen LogP contribution in [0.15, 0.2) is 18.2 Å². The highest BCUT2D eigenvalue weighted by Gasteiger charge is 2.12. The number of thiophene rings is 1. The van der Waals surface area contributed by atoms with Crippen molar-refractivity contribution in [1.29, 1.82) is 0 Å². The normalized spacial score (nSPS) is 10.6. The van der Waals surface area contributed by atoms with Crippen molar-refractivity contribution >= 4 is 17.2 Å². The SMILES string of the molecule is C=C(C)COCCNC(=O)c1cc(CC)c(CCC)s1. The number of hydrogen-bond donors (Lipinski definition) is 1. The van der Waals surface area contributed by atoms with E-state index in [1.54, 1.807) is 11.3 Å². The maximum Gasteiger partial charge on any atom is 0.261 e. The summed E-state index contributed by atoms with van der Waals surface area (Å²) in [7, 11) is 0. The van der Waals surface area contributed by atoms with Crippen molar-refractivity contribution in [3.05, 3.63) is 33.5 Å². The first-order chi connectivity index (χ1) is 9.58. The Morgan fingerprint density at radius 3 is 2.80 bits per heavy atom. The molecule has 4 heteroatoms. The smallest absolute Gasteiger partial charge is 0.261 e. The van der Waals surface area contributed by atoms with Crippen molar-refractivity contribution in [3.63, 3.8) is 0 Å². The maximum absolute atomic E-state index is 12.1. The van der Waals surface area contributed by atoms with Crippen molar-refractivity contribution in [2.45, 2.75) is 40.0 Å². The standard InChI is InChI=1S/C16H25NO2S/c1-5-7-14-13(6-2)10-15(20-14)16(18)17-8-9-19-11-12(3)4/h10H,3,5-9,11H2,1-2,4H3,(H,17,18). The van der Waals surface area contributed by atoms with E-state index in [1.807, 2.05) is 13.0 Å². The molecule has 0 aromatic carbocycles. The topological polar surface area (TPSA) is 38.3 Å². The van der Waals surface area contributed by atoms with Crippen LogP contribution in [0.1, 0.15) is 47.3 Å². The van der Waals surface area contributed by atoms with Crippen molar-refractivity contribution in [2.75, 3.05) is 19.8 Å². The second-order valence-corrected chi connectivity index (χ2v) is 6.06. The number of aryl methyl sites for hydroxylation is 2. The fourth-order valence-corrected chi connectivity index (χ4v) is 3.16. The van der Waals surface area contributed by atoms with Gasteiger partial charge in [0.25, 0.3) is 5.91 Å². The average molecular weight is 295 g/mol. The molecule has 0 radical (unpaired) electrons. The summed E-state index contributed by atoms with van der Waals surface area (Å²) in [5, 5.41) is 2.90. The van der Waals surface area contributed by atoms with Gasteiger partial charge in [0.15, 0.2) is 0 Å². The lowest BCUT2D eigenvalue weighted by Crippen LogP contribution is -2.26. The summed E-state index contributed by atoms with van der Waals surface area (Å²) < 4.78 is 5.36. The average Bonchev–Trinajstić information content (AvgIpc) is 2.81. The van der Waals surface area contributed by atoms with Gasteiger partial charge in [-0.25, -0.2) is 0 Å². The molecule has 3 nitrogen and oxygen atoms in total.